The van der Waals surface area contributed by atoms with Gasteiger partial charge < -0.3 is 4.74 Å². The average molecular weight is 232 g/mol. The Balaban J connectivity index is 2.62. The number of halogens is 4. The fourth-order valence-electron chi connectivity index (χ4n) is 0.650. The third-order valence-electron chi connectivity index (χ3n) is 1.13. The molecule has 11 heavy (non-hydrogen) atoms. The molecule has 1 atom stereocenters. The van der Waals surface area contributed by atoms with Crippen LogP contribution in [0.1, 0.15) is 0 Å². The minimum Gasteiger partial charge on any atom is -0.472 e. The summed E-state index contributed by atoms with van der Waals surface area (Å²) in [5.41, 5.74) is 0. The van der Waals surface area contributed by atoms with Crippen molar-refractivity contribution >= 4 is 21.8 Å². The number of nitrogens with zero attached hydrogens (tertiary/aromatic N) is 1. The van der Waals surface area contributed by atoms with Crippen molar-refractivity contribution in [2.45, 2.75) is 12.2 Å². The molecule has 1 aliphatic heterocycles. The van der Waals surface area contributed by atoms with E-state index in [0.29, 0.717) is 5.33 Å². The Morgan fingerprint density at radius 2 is 2.27 bits per heavy atom. The second kappa shape index (κ2) is 3.00. The van der Waals surface area contributed by atoms with Crippen LogP contribution in [0.5, 0.6) is 0 Å². The molecule has 6 heteroatoms. The molecule has 1 rings (SSSR count). The largest absolute Gasteiger partial charge is 0.472 e. The summed E-state index contributed by atoms with van der Waals surface area (Å²) in [4.78, 5) is 3.30. The lowest BCUT2D eigenvalue weighted by Gasteiger charge is -2.03. The fraction of sp³-hybridized carbons (Fsp3) is 0.800. The van der Waals surface area contributed by atoms with Crippen molar-refractivity contribution in [3.05, 3.63) is 0 Å². The maximum atomic E-state index is 11.8. The van der Waals surface area contributed by atoms with Crippen molar-refractivity contribution < 1.29 is 17.9 Å². The van der Waals surface area contributed by atoms with Crippen LogP contribution in [0.25, 0.3) is 0 Å². The Kier molecular flexibility index (Phi) is 2.41. The van der Waals surface area contributed by atoms with Crippen molar-refractivity contribution in [3.63, 3.8) is 0 Å². The van der Waals surface area contributed by atoms with Crippen LogP contribution in [0.4, 0.5) is 13.2 Å². The third kappa shape index (κ3) is 2.08. The van der Waals surface area contributed by atoms with Gasteiger partial charge in [0.25, 0.3) is 5.90 Å². The molecule has 1 unspecified atom stereocenters. The molecule has 0 bridgehead atoms. The first-order valence-electron chi connectivity index (χ1n) is 2.88. The zero-order chi connectivity index (χ0) is 8.48. The predicted octanol–water partition coefficient (Wildman–Crippen LogP) is 1.74. The highest BCUT2D eigenvalue weighted by Crippen LogP contribution is 2.22. The molecule has 0 aromatic carbocycles. The molecule has 1 heterocycles. The number of rotatable bonds is 1. The van der Waals surface area contributed by atoms with Crippen molar-refractivity contribution in [1.29, 1.82) is 0 Å². The van der Waals surface area contributed by atoms with Gasteiger partial charge in [-0.15, -0.1) is 0 Å². The molecule has 0 saturated carbocycles. The van der Waals surface area contributed by atoms with E-state index in [0.717, 1.165) is 0 Å². The molecule has 0 amide bonds. The highest BCUT2D eigenvalue weighted by molar-refractivity contribution is 9.09. The van der Waals surface area contributed by atoms with E-state index in [4.69, 9.17) is 0 Å². The minimum atomic E-state index is -4.43. The first-order valence-corrected chi connectivity index (χ1v) is 4.00. The van der Waals surface area contributed by atoms with Crippen LogP contribution in [-0.4, -0.2) is 30.1 Å². The normalized spacial score (nSPS) is 24.7. The molecular weight excluding hydrogens is 227 g/mol. The maximum Gasteiger partial charge on any atom is 0.468 e. The van der Waals surface area contributed by atoms with Crippen LogP contribution in [0.2, 0.25) is 0 Å². The Hall–Kier alpha value is -0.260. The summed E-state index contributed by atoms with van der Waals surface area (Å²) in [5, 5.41) is 0.395. The molecule has 2 nitrogen and oxygen atoms in total. The summed E-state index contributed by atoms with van der Waals surface area (Å²) in [6.45, 7) is 0.0140. The van der Waals surface area contributed by atoms with Gasteiger partial charge in [-0.3, -0.25) is 0 Å². The second-order valence-corrected chi connectivity index (χ2v) is 2.70. The standard InChI is InChI=1S/C5H5BrF3NO/c6-1-3-2-11-4(10-3)5(7,8)9/h3H,1-2H2. The number of hydrogen-bond donors (Lipinski definition) is 0. The summed E-state index contributed by atoms with van der Waals surface area (Å²) in [7, 11) is 0. The SMILES string of the molecule is FC(F)(F)C1=NC(CBr)CO1. The molecule has 0 spiro atoms. The monoisotopic (exact) mass is 231 g/mol. The van der Waals surface area contributed by atoms with Gasteiger partial charge in [0.1, 0.15) is 6.61 Å². The van der Waals surface area contributed by atoms with E-state index < -0.39 is 18.1 Å². The zero-order valence-electron chi connectivity index (χ0n) is 5.36. The van der Waals surface area contributed by atoms with Crippen LogP contribution >= 0.6 is 15.9 Å². The van der Waals surface area contributed by atoms with E-state index in [1.54, 1.807) is 0 Å². The molecule has 1 aliphatic rings. The molecule has 64 valence electrons. The molecule has 0 fully saturated rings. The van der Waals surface area contributed by atoms with Gasteiger partial charge >= 0.3 is 6.18 Å². The Labute approximate surface area is 69.6 Å². The number of hydrogen-bond acceptors (Lipinski definition) is 2. The first kappa shape index (κ1) is 8.83. The van der Waals surface area contributed by atoms with Crippen molar-refractivity contribution in [2.75, 3.05) is 11.9 Å². The van der Waals surface area contributed by atoms with Gasteiger partial charge in [-0.2, -0.15) is 13.2 Å². The van der Waals surface area contributed by atoms with E-state index in [1.165, 1.54) is 0 Å². The summed E-state index contributed by atoms with van der Waals surface area (Å²) in [6.07, 6.45) is -4.43. The molecule has 0 aliphatic carbocycles. The van der Waals surface area contributed by atoms with E-state index in [9.17, 15) is 13.2 Å². The number of alkyl halides is 4. The molecule has 0 aromatic rings. The fourth-order valence-corrected chi connectivity index (χ4v) is 0.981. The zero-order valence-corrected chi connectivity index (χ0v) is 6.94. The molecular formula is C5H5BrF3NO. The lowest BCUT2D eigenvalue weighted by atomic mass is 10.4. The van der Waals surface area contributed by atoms with Gasteiger partial charge in [0, 0.05) is 5.33 Å². The highest BCUT2D eigenvalue weighted by atomic mass is 79.9. The van der Waals surface area contributed by atoms with Gasteiger partial charge in [-0.05, 0) is 0 Å². The van der Waals surface area contributed by atoms with Crippen molar-refractivity contribution in [3.8, 4) is 0 Å². The number of aliphatic imine (C=N–C) groups is 1. The van der Waals surface area contributed by atoms with Crippen LogP contribution in [0.15, 0.2) is 4.99 Å². The Morgan fingerprint density at radius 3 is 2.55 bits per heavy atom. The van der Waals surface area contributed by atoms with Crippen molar-refractivity contribution in [1.82, 2.24) is 0 Å². The first-order chi connectivity index (χ1) is 5.04. The molecule has 0 N–H and O–H groups in total. The van der Waals surface area contributed by atoms with Gasteiger partial charge in [0.2, 0.25) is 0 Å². The summed E-state index contributed by atoms with van der Waals surface area (Å²) >= 11 is 3.02. The Morgan fingerprint density at radius 1 is 1.64 bits per heavy atom. The van der Waals surface area contributed by atoms with Gasteiger partial charge in [-0.25, -0.2) is 4.99 Å². The summed E-state index contributed by atoms with van der Waals surface area (Å²) in [5.74, 6) is -1.11. The quantitative estimate of drug-likeness (QED) is 0.631. The predicted molar refractivity (Wildman–Crippen MR) is 37.0 cm³/mol. The van der Waals surface area contributed by atoms with Crippen LogP contribution in [0.3, 0.4) is 0 Å². The average Bonchev–Trinajstić information content (AvgIpc) is 2.32. The van der Waals surface area contributed by atoms with E-state index in [-0.39, 0.29) is 6.61 Å². The number of ether oxygens (including phenoxy) is 1. The third-order valence-corrected chi connectivity index (χ3v) is 1.88. The van der Waals surface area contributed by atoms with E-state index in [1.807, 2.05) is 0 Å². The lowest BCUT2D eigenvalue weighted by molar-refractivity contribution is -0.0753. The molecule has 0 radical (unpaired) electrons. The summed E-state index contributed by atoms with van der Waals surface area (Å²) < 4.78 is 39.7. The van der Waals surface area contributed by atoms with Gasteiger partial charge in [0.15, 0.2) is 0 Å². The minimum absolute atomic E-state index is 0.0140. The highest BCUT2D eigenvalue weighted by Gasteiger charge is 2.41. The Bertz CT molecular complexity index is 179. The maximum absolute atomic E-state index is 11.8. The smallest absolute Gasteiger partial charge is 0.468 e. The second-order valence-electron chi connectivity index (χ2n) is 2.05. The van der Waals surface area contributed by atoms with Gasteiger partial charge in [0.05, 0.1) is 6.04 Å². The van der Waals surface area contributed by atoms with E-state index in [2.05, 4.69) is 25.7 Å². The topological polar surface area (TPSA) is 21.6 Å². The van der Waals surface area contributed by atoms with Crippen LogP contribution in [-0.2, 0) is 4.74 Å². The van der Waals surface area contributed by atoms with Crippen molar-refractivity contribution in [2.24, 2.45) is 4.99 Å². The van der Waals surface area contributed by atoms with E-state index >= 15 is 0 Å². The summed E-state index contributed by atoms with van der Waals surface area (Å²) in [6, 6.07) is -0.397. The van der Waals surface area contributed by atoms with Crippen LogP contribution in [0, 0.1) is 0 Å². The lowest BCUT2D eigenvalue weighted by Crippen LogP contribution is -2.22. The van der Waals surface area contributed by atoms with Crippen LogP contribution < -0.4 is 0 Å². The van der Waals surface area contributed by atoms with Gasteiger partial charge in [-0.1, -0.05) is 15.9 Å². The molecule has 0 aromatic heterocycles. The molecule has 0 saturated heterocycles.